The first kappa shape index (κ1) is 15.4. The van der Waals surface area contributed by atoms with Gasteiger partial charge in [-0.1, -0.05) is 18.2 Å². The summed E-state index contributed by atoms with van der Waals surface area (Å²) in [5, 5.41) is 0. The van der Waals surface area contributed by atoms with E-state index in [-0.39, 0.29) is 12.4 Å². The van der Waals surface area contributed by atoms with Crippen molar-refractivity contribution in [2.45, 2.75) is 17.7 Å². The van der Waals surface area contributed by atoms with Crippen molar-refractivity contribution in [1.29, 1.82) is 0 Å². The molecule has 16 heavy (non-hydrogen) atoms. The highest BCUT2D eigenvalue weighted by Crippen LogP contribution is 2.06. The molecule has 92 valence electrons. The van der Waals surface area contributed by atoms with E-state index in [1.807, 2.05) is 0 Å². The fourth-order valence-corrected chi connectivity index (χ4v) is 2.25. The van der Waals surface area contributed by atoms with Gasteiger partial charge in [0.25, 0.3) is 0 Å². The fourth-order valence-electron chi connectivity index (χ4n) is 1.16. The predicted octanol–water partition coefficient (Wildman–Crippen LogP) is 1.13. The van der Waals surface area contributed by atoms with E-state index >= 15 is 0 Å². The summed E-state index contributed by atoms with van der Waals surface area (Å²) in [5.74, 6) is 0. The smallest absolute Gasteiger partial charge is 0.240 e. The van der Waals surface area contributed by atoms with Gasteiger partial charge in [-0.05, 0) is 31.5 Å². The molecule has 0 saturated carbocycles. The Kier molecular flexibility index (Phi) is 7.33. The van der Waals surface area contributed by atoms with E-state index in [0.717, 1.165) is 12.8 Å². The Hall–Kier alpha value is -0.620. The van der Waals surface area contributed by atoms with Crippen molar-refractivity contribution in [2.24, 2.45) is 5.73 Å². The van der Waals surface area contributed by atoms with E-state index in [9.17, 15) is 8.42 Å². The zero-order valence-electron chi connectivity index (χ0n) is 8.93. The number of benzene rings is 1. The van der Waals surface area contributed by atoms with Crippen LogP contribution in [0.4, 0.5) is 0 Å². The number of hydrogen-bond acceptors (Lipinski definition) is 3. The quantitative estimate of drug-likeness (QED) is 0.757. The maximum Gasteiger partial charge on any atom is 0.240 e. The van der Waals surface area contributed by atoms with Crippen LogP contribution in [0, 0.1) is 0 Å². The Morgan fingerprint density at radius 3 is 2.31 bits per heavy atom. The number of rotatable bonds is 6. The van der Waals surface area contributed by atoms with Gasteiger partial charge in [0, 0.05) is 6.54 Å². The molecule has 3 N–H and O–H groups in total. The van der Waals surface area contributed by atoms with Crippen molar-refractivity contribution >= 4 is 22.4 Å². The standard InChI is InChI=1S/C10H16N2O2S.ClH/c11-8-4-5-9-12-15(13,14)10-6-2-1-3-7-10;/h1-3,6-7,12H,4-5,8-9,11H2;1H. The number of hydrogen-bond donors (Lipinski definition) is 2. The van der Waals surface area contributed by atoms with Crippen LogP contribution in [0.3, 0.4) is 0 Å². The average Bonchev–Trinajstić information content (AvgIpc) is 2.26. The SMILES string of the molecule is Cl.NCCCCNS(=O)(=O)c1ccccc1. The lowest BCUT2D eigenvalue weighted by Gasteiger charge is -2.05. The zero-order chi connectivity index (χ0) is 11.1. The second-order valence-electron chi connectivity index (χ2n) is 3.21. The maximum absolute atomic E-state index is 11.7. The van der Waals surface area contributed by atoms with Gasteiger partial charge >= 0.3 is 0 Å². The van der Waals surface area contributed by atoms with Crippen molar-refractivity contribution < 1.29 is 8.42 Å². The molecule has 6 heteroatoms. The summed E-state index contributed by atoms with van der Waals surface area (Å²) in [6.45, 7) is 1.03. The van der Waals surface area contributed by atoms with E-state index in [0.29, 0.717) is 18.0 Å². The van der Waals surface area contributed by atoms with Crippen molar-refractivity contribution in [2.75, 3.05) is 13.1 Å². The molecular weight excluding hydrogens is 248 g/mol. The molecular formula is C10H17ClN2O2S. The summed E-state index contributed by atoms with van der Waals surface area (Å²) in [4.78, 5) is 0.303. The Labute approximate surface area is 103 Å². The molecule has 0 aliphatic carbocycles. The Morgan fingerprint density at radius 1 is 1.12 bits per heavy atom. The first-order chi connectivity index (χ1) is 7.17. The van der Waals surface area contributed by atoms with Crippen LogP contribution >= 0.6 is 12.4 Å². The fraction of sp³-hybridized carbons (Fsp3) is 0.400. The minimum absolute atomic E-state index is 0. The normalized spacial score (nSPS) is 10.8. The Bertz CT molecular complexity index is 381. The van der Waals surface area contributed by atoms with Crippen molar-refractivity contribution in [3.05, 3.63) is 30.3 Å². The summed E-state index contributed by atoms with van der Waals surface area (Å²) in [6.07, 6.45) is 1.60. The van der Waals surface area contributed by atoms with Crippen molar-refractivity contribution in [1.82, 2.24) is 4.72 Å². The molecule has 0 unspecified atom stereocenters. The number of unbranched alkanes of at least 4 members (excludes halogenated alkanes) is 1. The van der Waals surface area contributed by atoms with E-state index in [1.165, 1.54) is 0 Å². The highest BCUT2D eigenvalue weighted by Gasteiger charge is 2.11. The summed E-state index contributed by atoms with van der Waals surface area (Å²) in [6, 6.07) is 8.34. The Balaban J connectivity index is 0.00000225. The molecule has 0 radical (unpaired) electrons. The summed E-state index contributed by atoms with van der Waals surface area (Å²) < 4.78 is 25.8. The van der Waals surface area contributed by atoms with Gasteiger partial charge in [-0.15, -0.1) is 12.4 Å². The van der Waals surface area contributed by atoms with Crippen LogP contribution in [-0.4, -0.2) is 21.5 Å². The number of nitrogens with one attached hydrogen (secondary N) is 1. The molecule has 0 fully saturated rings. The largest absolute Gasteiger partial charge is 0.330 e. The lowest BCUT2D eigenvalue weighted by Crippen LogP contribution is -2.25. The van der Waals surface area contributed by atoms with Gasteiger partial charge in [0.15, 0.2) is 0 Å². The van der Waals surface area contributed by atoms with E-state index in [1.54, 1.807) is 30.3 Å². The molecule has 0 bridgehead atoms. The molecule has 0 aliphatic heterocycles. The van der Waals surface area contributed by atoms with Gasteiger partial charge in [-0.25, -0.2) is 13.1 Å². The monoisotopic (exact) mass is 264 g/mol. The molecule has 0 spiro atoms. The molecule has 1 aromatic rings. The van der Waals surface area contributed by atoms with Crippen LogP contribution < -0.4 is 10.5 Å². The summed E-state index contributed by atoms with van der Waals surface area (Å²) in [7, 11) is -3.33. The van der Waals surface area contributed by atoms with Crippen molar-refractivity contribution in [3.8, 4) is 0 Å². The van der Waals surface area contributed by atoms with Crippen LogP contribution in [0.5, 0.6) is 0 Å². The molecule has 0 aliphatic rings. The topological polar surface area (TPSA) is 72.2 Å². The summed E-state index contributed by atoms with van der Waals surface area (Å²) in [5.41, 5.74) is 5.31. The first-order valence-electron chi connectivity index (χ1n) is 4.91. The highest BCUT2D eigenvalue weighted by atomic mass is 35.5. The minimum Gasteiger partial charge on any atom is -0.330 e. The van der Waals surface area contributed by atoms with Gasteiger partial charge in [0.05, 0.1) is 4.90 Å². The van der Waals surface area contributed by atoms with Gasteiger partial charge < -0.3 is 5.73 Å². The van der Waals surface area contributed by atoms with Gasteiger partial charge in [0.2, 0.25) is 10.0 Å². The molecule has 0 amide bonds. The molecule has 4 nitrogen and oxygen atoms in total. The molecule has 1 rings (SSSR count). The number of sulfonamides is 1. The minimum atomic E-state index is -3.33. The average molecular weight is 265 g/mol. The lowest BCUT2D eigenvalue weighted by atomic mass is 10.3. The number of nitrogens with two attached hydrogens (primary N) is 1. The van der Waals surface area contributed by atoms with Crippen LogP contribution in [0.25, 0.3) is 0 Å². The van der Waals surface area contributed by atoms with E-state index in [4.69, 9.17) is 5.73 Å². The van der Waals surface area contributed by atoms with Crippen molar-refractivity contribution in [3.63, 3.8) is 0 Å². The Morgan fingerprint density at radius 2 is 1.75 bits per heavy atom. The first-order valence-corrected chi connectivity index (χ1v) is 6.40. The second-order valence-corrected chi connectivity index (χ2v) is 4.97. The molecule has 0 atom stereocenters. The third-order valence-corrected chi connectivity index (χ3v) is 3.45. The van der Waals surface area contributed by atoms with Crippen LogP contribution in [0.1, 0.15) is 12.8 Å². The van der Waals surface area contributed by atoms with Gasteiger partial charge in [-0.3, -0.25) is 0 Å². The second kappa shape index (κ2) is 7.62. The molecule has 0 aromatic heterocycles. The zero-order valence-corrected chi connectivity index (χ0v) is 10.6. The van der Waals surface area contributed by atoms with Gasteiger partial charge in [-0.2, -0.15) is 0 Å². The maximum atomic E-state index is 11.7. The van der Waals surface area contributed by atoms with Crippen LogP contribution in [0.15, 0.2) is 35.2 Å². The molecule has 0 heterocycles. The highest BCUT2D eigenvalue weighted by molar-refractivity contribution is 7.89. The number of halogens is 1. The molecule has 1 aromatic carbocycles. The van der Waals surface area contributed by atoms with E-state index < -0.39 is 10.0 Å². The van der Waals surface area contributed by atoms with Crippen LogP contribution in [0.2, 0.25) is 0 Å². The lowest BCUT2D eigenvalue weighted by molar-refractivity contribution is 0.577. The predicted molar refractivity (Wildman–Crippen MR) is 67.2 cm³/mol. The third kappa shape index (κ3) is 4.94. The van der Waals surface area contributed by atoms with Gasteiger partial charge in [0.1, 0.15) is 0 Å². The summed E-state index contributed by atoms with van der Waals surface area (Å²) >= 11 is 0. The van der Waals surface area contributed by atoms with E-state index in [2.05, 4.69) is 4.72 Å². The van der Waals surface area contributed by atoms with Crippen LogP contribution in [-0.2, 0) is 10.0 Å². The molecule has 0 saturated heterocycles. The third-order valence-electron chi connectivity index (χ3n) is 1.98.